The Morgan fingerprint density at radius 1 is 0.846 bits per heavy atom. The van der Waals surface area contributed by atoms with E-state index in [0.29, 0.717) is 16.5 Å². The van der Waals surface area contributed by atoms with Gasteiger partial charge in [0.25, 0.3) is 10.0 Å². The molecule has 0 unspecified atom stereocenters. The molecular formula is C29H33Cl2N3O4S. The molecule has 0 saturated carbocycles. The molecule has 0 spiro atoms. The minimum Gasteiger partial charge on any atom is -0.352 e. The zero-order valence-corrected chi connectivity index (χ0v) is 24.5. The molecular weight excluding hydrogens is 557 g/mol. The molecule has 0 radical (unpaired) electrons. The summed E-state index contributed by atoms with van der Waals surface area (Å²) in [7, 11) is -4.12. The molecule has 2 atom stereocenters. The lowest BCUT2D eigenvalue weighted by atomic mass is 10.1. The second kappa shape index (κ2) is 13.8. The maximum atomic E-state index is 14.0. The minimum absolute atomic E-state index is 0.0403. The number of hydrogen-bond acceptors (Lipinski definition) is 4. The Hall–Kier alpha value is -3.07. The SMILES string of the molecule is CC[C@H](C)NC(=O)[C@H](CC)N(Cc1ccc(Cl)cc1)C(=O)CN(c1ccc(Cl)cc1)S(=O)(=O)c1ccccc1. The van der Waals surface area contributed by atoms with Crippen LogP contribution in [0.1, 0.15) is 39.2 Å². The average molecular weight is 591 g/mol. The molecule has 2 amide bonds. The van der Waals surface area contributed by atoms with Crippen molar-refractivity contribution in [1.29, 1.82) is 0 Å². The van der Waals surface area contributed by atoms with Gasteiger partial charge in [-0.1, -0.05) is 67.4 Å². The molecule has 0 bridgehead atoms. The molecule has 0 aliphatic carbocycles. The number of carbonyl (C=O) groups excluding carboxylic acids is 2. The van der Waals surface area contributed by atoms with Gasteiger partial charge in [-0.15, -0.1) is 0 Å². The van der Waals surface area contributed by atoms with Crippen LogP contribution in [0, 0.1) is 0 Å². The summed E-state index contributed by atoms with van der Waals surface area (Å²) >= 11 is 12.1. The van der Waals surface area contributed by atoms with E-state index in [2.05, 4.69) is 5.32 Å². The number of hydrogen-bond donors (Lipinski definition) is 1. The Bertz CT molecular complexity index is 1350. The summed E-state index contributed by atoms with van der Waals surface area (Å²) in [6, 6.07) is 20.2. The molecule has 3 aromatic carbocycles. The highest BCUT2D eigenvalue weighted by Crippen LogP contribution is 2.26. The molecule has 0 aromatic heterocycles. The summed E-state index contributed by atoms with van der Waals surface area (Å²) in [6.07, 6.45) is 1.07. The molecule has 0 aliphatic heterocycles. The highest BCUT2D eigenvalue weighted by Gasteiger charge is 2.33. The smallest absolute Gasteiger partial charge is 0.264 e. The number of nitrogens with zero attached hydrogens (tertiary/aromatic N) is 2. The van der Waals surface area contributed by atoms with Crippen molar-refractivity contribution in [3.8, 4) is 0 Å². The third-order valence-corrected chi connectivity index (χ3v) is 8.67. The van der Waals surface area contributed by atoms with Gasteiger partial charge in [0.05, 0.1) is 10.6 Å². The molecule has 7 nitrogen and oxygen atoms in total. The van der Waals surface area contributed by atoms with Crippen LogP contribution in [0.5, 0.6) is 0 Å². The zero-order chi connectivity index (χ0) is 28.6. The number of benzene rings is 3. The summed E-state index contributed by atoms with van der Waals surface area (Å²) in [4.78, 5) is 28.7. The van der Waals surface area contributed by atoms with Crippen LogP contribution in [0.25, 0.3) is 0 Å². The second-order valence-electron chi connectivity index (χ2n) is 9.19. The zero-order valence-electron chi connectivity index (χ0n) is 22.2. The Morgan fingerprint density at radius 3 is 1.95 bits per heavy atom. The van der Waals surface area contributed by atoms with Crippen LogP contribution >= 0.6 is 23.2 Å². The van der Waals surface area contributed by atoms with Crippen molar-refractivity contribution < 1.29 is 18.0 Å². The van der Waals surface area contributed by atoms with Gasteiger partial charge in [0.15, 0.2) is 0 Å². The molecule has 0 fully saturated rings. The first kappa shape index (κ1) is 30.5. The molecule has 0 aliphatic rings. The van der Waals surface area contributed by atoms with Crippen molar-refractivity contribution in [2.24, 2.45) is 0 Å². The third-order valence-electron chi connectivity index (χ3n) is 6.38. The van der Waals surface area contributed by atoms with Gasteiger partial charge in [-0.3, -0.25) is 13.9 Å². The molecule has 3 aromatic rings. The average Bonchev–Trinajstić information content (AvgIpc) is 2.93. The highest BCUT2D eigenvalue weighted by atomic mass is 35.5. The quantitative estimate of drug-likeness (QED) is 0.284. The summed E-state index contributed by atoms with van der Waals surface area (Å²) in [6.45, 7) is 5.26. The summed E-state index contributed by atoms with van der Waals surface area (Å²) < 4.78 is 28.6. The van der Waals surface area contributed by atoms with Crippen molar-refractivity contribution in [1.82, 2.24) is 10.2 Å². The van der Waals surface area contributed by atoms with E-state index in [9.17, 15) is 18.0 Å². The van der Waals surface area contributed by atoms with Crippen LogP contribution in [0.4, 0.5) is 5.69 Å². The van der Waals surface area contributed by atoms with Crippen LogP contribution in [0.15, 0.2) is 83.8 Å². The van der Waals surface area contributed by atoms with Crippen LogP contribution < -0.4 is 9.62 Å². The van der Waals surface area contributed by atoms with E-state index in [1.807, 2.05) is 20.8 Å². The first-order chi connectivity index (χ1) is 18.6. The van der Waals surface area contributed by atoms with Gasteiger partial charge < -0.3 is 10.2 Å². The molecule has 208 valence electrons. The second-order valence-corrected chi connectivity index (χ2v) is 11.9. The number of rotatable bonds is 12. The Balaban J connectivity index is 2.03. The Morgan fingerprint density at radius 2 is 1.41 bits per heavy atom. The van der Waals surface area contributed by atoms with Crippen molar-refractivity contribution in [3.05, 3.63) is 94.5 Å². The third kappa shape index (κ3) is 7.97. The summed E-state index contributed by atoms with van der Waals surface area (Å²) in [5.41, 5.74) is 1.03. The van der Waals surface area contributed by atoms with Crippen molar-refractivity contribution in [2.45, 2.75) is 57.1 Å². The lowest BCUT2D eigenvalue weighted by molar-refractivity contribution is -0.140. The van der Waals surface area contributed by atoms with Gasteiger partial charge in [0.2, 0.25) is 11.8 Å². The standard InChI is InChI=1S/C29H33Cl2N3O4S/c1-4-21(3)32-29(36)27(5-2)33(19-22-11-13-23(30)14-12-22)28(35)20-34(25-17-15-24(31)16-18-25)39(37,38)26-9-7-6-8-10-26/h6-18,21,27H,4-5,19-20H2,1-3H3,(H,32,36)/t21-,27-/m0/s1. The van der Waals surface area contributed by atoms with Crippen molar-refractivity contribution >= 4 is 50.7 Å². The Labute approximate surface area is 240 Å². The van der Waals surface area contributed by atoms with Crippen LogP contribution in [0.2, 0.25) is 10.0 Å². The van der Waals surface area contributed by atoms with E-state index in [0.717, 1.165) is 16.3 Å². The Kier molecular flexibility index (Phi) is 10.8. The fourth-order valence-corrected chi connectivity index (χ4v) is 5.69. The van der Waals surface area contributed by atoms with E-state index < -0.39 is 28.5 Å². The first-order valence-electron chi connectivity index (χ1n) is 12.7. The van der Waals surface area contributed by atoms with Gasteiger partial charge in [-0.05, 0) is 73.9 Å². The van der Waals surface area contributed by atoms with Crippen molar-refractivity contribution in [3.63, 3.8) is 0 Å². The normalized spacial score (nSPS) is 12.8. The van der Waals surface area contributed by atoms with Gasteiger partial charge in [0, 0.05) is 22.6 Å². The molecule has 39 heavy (non-hydrogen) atoms. The summed E-state index contributed by atoms with van der Waals surface area (Å²) in [5, 5.41) is 3.93. The number of sulfonamides is 1. The number of halogens is 2. The van der Waals surface area contributed by atoms with E-state index >= 15 is 0 Å². The van der Waals surface area contributed by atoms with E-state index in [-0.39, 0.29) is 29.1 Å². The number of nitrogens with one attached hydrogen (secondary N) is 1. The predicted octanol–water partition coefficient (Wildman–Crippen LogP) is 5.91. The monoisotopic (exact) mass is 589 g/mol. The largest absolute Gasteiger partial charge is 0.352 e. The van der Waals surface area contributed by atoms with Gasteiger partial charge >= 0.3 is 0 Å². The fourth-order valence-electron chi connectivity index (χ4n) is 4.00. The molecule has 3 rings (SSSR count). The van der Waals surface area contributed by atoms with Gasteiger partial charge in [0.1, 0.15) is 12.6 Å². The van der Waals surface area contributed by atoms with Crippen LogP contribution in [0.3, 0.4) is 0 Å². The topological polar surface area (TPSA) is 86.8 Å². The van der Waals surface area contributed by atoms with E-state index in [4.69, 9.17) is 23.2 Å². The van der Waals surface area contributed by atoms with E-state index in [1.54, 1.807) is 66.7 Å². The minimum atomic E-state index is -4.12. The maximum absolute atomic E-state index is 14.0. The highest BCUT2D eigenvalue weighted by molar-refractivity contribution is 7.92. The van der Waals surface area contributed by atoms with Gasteiger partial charge in [-0.25, -0.2) is 8.42 Å². The number of carbonyl (C=O) groups is 2. The predicted molar refractivity (Wildman–Crippen MR) is 156 cm³/mol. The molecule has 0 saturated heterocycles. The van der Waals surface area contributed by atoms with Crippen molar-refractivity contribution in [2.75, 3.05) is 10.8 Å². The van der Waals surface area contributed by atoms with E-state index in [1.165, 1.54) is 17.0 Å². The fraction of sp³-hybridized carbons (Fsp3) is 0.310. The molecule has 0 heterocycles. The molecule has 1 N–H and O–H groups in total. The summed E-state index contributed by atoms with van der Waals surface area (Å²) in [5.74, 6) is -0.816. The molecule has 10 heteroatoms. The van der Waals surface area contributed by atoms with Crippen LogP contribution in [-0.2, 0) is 26.2 Å². The maximum Gasteiger partial charge on any atom is 0.264 e. The number of amides is 2. The lowest BCUT2D eigenvalue weighted by Gasteiger charge is -2.33. The van der Waals surface area contributed by atoms with Gasteiger partial charge in [-0.2, -0.15) is 0 Å². The van der Waals surface area contributed by atoms with Crippen LogP contribution in [-0.4, -0.2) is 43.8 Å². The first-order valence-corrected chi connectivity index (χ1v) is 14.9. The lowest BCUT2D eigenvalue weighted by Crippen LogP contribution is -2.53. The number of anilines is 1.